The summed E-state index contributed by atoms with van der Waals surface area (Å²) in [5, 5.41) is 3.27. The average molecular weight is 317 g/mol. The Hall–Kier alpha value is -2.08. The minimum absolute atomic E-state index is 0.00598. The highest BCUT2D eigenvalue weighted by molar-refractivity contribution is 6.00. The van der Waals surface area contributed by atoms with Crippen molar-refractivity contribution < 1.29 is 14.3 Å². The molecule has 2 fully saturated rings. The van der Waals surface area contributed by atoms with Crippen molar-refractivity contribution in [2.24, 2.45) is 5.92 Å². The van der Waals surface area contributed by atoms with Crippen LogP contribution in [0.4, 0.5) is 5.69 Å². The average Bonchev–Trinajstić information content (AvgIpc) is 3.23. The van der Waals surface area contributed by atoms with Crippen LogP contribution in [0.2, 0.25) is 0 Å². The Morgan fingerprint density at radius 1 is 1.35 bits per heavy atom. The summed E-state index contributed by atoms with van der Waals surface area (Å²) in [6.45, 7) is 2.24. The summed E-state index contributed by atoms with van der Waals surface area (Å²) < 4.78 is 5.14. The molecular formula is C17H23N3O3. The van der Waals surface area contributed by atoms with Crippen molar-refractivity contribution in [1.29, 1.82) is 0 Å². The summed E-state index contributed by atoms with van der Waals surface area (Å²) in [7, 11) is 3.46. The molecule has 2 aliphatic heterocycles. The molecule has 0 saturated carbocycles. The highest BCUT2D eigenvalue weighted by atomic mass is 16.5. The van der Waals surface area contributed by atoms with Gasteiger partial charge >= 0.3 is 0 Å². The fraction of sp³-hybridized carbons (Fsp3) is 0.529. The van der Waals surface area contributed by atoms with E-state index in [0.29, 0.717) is 6.54 Å². The maximum absolute atomic E-state index is 12.7. The lowest BCUT2D eigenvalue weighted by molar-refractivity contribution is -0.136. The standard InChI is InChI=1S/C17H23N3O3/c1-19(14-7-8-18-10-14)17(22)12-9-16(21)20(11-12)13-3-5-15(23-2)6-4-13/h3-6,12,14,18H,7-11H2,1-2H3. The third kappa shape index (κ3) is 3.17. The number of likely N-dealkylation sites (N-methyl/N-ethyl adjacent to an activating group) is 1. The summed E-state index contributed by atoms with van der Waals surface area (Å²) in [6, 6.07) is 7.61. The minimum atomic E-state index is -0.254. The zero-order chi connectivity index (χ0) is 16.4. The van der Waals surface area contributed by atoms with Gasteiger partial charge in [-0.1, -0.05) is 0 Å². The van der Waals surface area contributed by atoms with E-state index in [0.717, 1.165) is 30.9 Å². The van der Waals surface area contributed by atoms with Gasteiger partial charge < -0.3 is 19.9 Å². The smallest absolute Gasteiger partial charge is 0.228 e. The number of benzene rings is 1. The van der Waals surface area contributed by atoms with E-state index in [4.69, 9.17) is 4.74 Å². The van der Waals surface area contributed by atoms with Gasteiger partial charge in [0.25, 0.3) is 0 Å². The van der Waals surface area contributed by atoms with E-state index >= 15 is 0 Å². The molecule has 2 unspecified atom stereocenters. The summed E-state index contributed by atoms with van der Waals surface area (Å²) in [5.74, 6) is 0.575. The van der Waals surface area contributed by atoms with Crippen LogP contribution < -0.4 is 15.0 Å². The molecule has 2 heterocycles. The molecule has 2 amide bonds. The lowest BCUT2D eigenvalue weighted by Crippen LogP contribution is -2.42. The summed E-state index contributed by atoms with van der Waals surface area (Å²) in [6.07, 6.45) is 1.26. The lowest BCUT2D eigenvalue weighted by Gasteiger charge is -2.26. The Morgan fingerprint density at radius 2 is 2.09 bits per heavy atom. The lowest BCUT2D eigenvalue weighted by atomic mass is 10.1. The van der Waals surface area contributed by atoms with Crippen molar-refractivity contribution in [2.45, 2.75) is 18.9 Å². The summed E-state index contributed by atoms with van der Waals surface area (Å²) in [4.78, 5) is 28.5. The summed E-state index contributed by atoms with van der Waals surface area (Å²) >= 11 is 0. The van der Waals surface area contributed by atoms with Gasteiger partial charge in [0, 0.05) is 38.3 Å². The maximum Gasteiger partial charge on any atom is 0.228 e. The monoisotopic (exact) mass is 317 g/mol. The second-order valence-corrected chi connectivity index (χ2v) is 6.20. The predicted molar refractivity (Wildman–Crippen MR) is 87.5 cm³/mol. The SMILES string of the molecule is COc1ccc(N2CC(C(=O)N(C)C3CCNC3)CC2=O)cc1. The molecule has 2 saturated heterocycles. The van der Waals surface area contributed by atoms with Gasteiger partial charge in [-0.05, 0) is 37.2 Å². The first-order chi connectivity index (χ1) is 11.1. The molecule has 0 bridgehead atoms. The number of nitrogens with one attached hydrogen (secondary N) is 1. The van der Waals surface area contributed by atoms with Crippen molar-refractivity contribution in [2.75, 3.05) is 38.7 Å². The van der Waals surface area contributed by atoms with E-state index in [2.05, 4.69) is 5.32 Å². The molecule has 6 nitrogen and oxygen atoms in total. The van der Waals surface area contributed by atoms with Crippen molar-refractivity contribution in [3.8, 4) is 5.75 Å². The molecule has 1 aromatic carbocycles. The molecule has 2 aliphatic rings. The highest BCUT2D eigenvalue weighted by Gasteiger charge is 2.38. The van der Waals surface area contributed by atoms with Crippen LogP contribution in [0.25, 0.3) is 0 Å². The number of amides is 2. The van der Waals surface area contributed by atoms with Crippen molar-refractivity contribution in [3.05, 3.63) is 24.3 Å². The Labute approximate surface area is 136 Å². The predicted octanol–water partition coefficient (Wildman–Crippen LogP) is 0.868. The topological polar surface area (TPSA) is 61.9 Å². The van der Waals surface area contributed by atoms with E-state index < -0.39 is 0 Å². The number of hydrogen-bond donors (Lipinski definition) is 1. The number of nitrogens with zero attached hydrogens (tertiary/aromatic N) is 2. The number of carbonyl (C=O) groups is 2. The highest BCUT2D eigenvalue weighted by Crippen LogP contribution is 2.28. The van der Waals surface area contributed by atoms with E-state index in [1.54, 1.807) is 12.0 Å². The van der Waals surface area contributed by atoms with Crippen LogP contribution in [0, 0.1) is 5.92 Å². The van der Waals surface area contributed by atoms with Gasteiger partial charge in [-0.3, -0.25) is 9.59 Å². The van der Waals surface area contributed by atoms with Gasteiger partial charge in [-0.25, -0.2) is 0 Å². The number of anilines is 1. The van der Waals surface area contributed by atoms with Gasteiger partial charge in [0.05, 0.1) is 13.0 Å². The number of hydrogen-bond acceptors (Lipinski definition) is 4. The quantitative estimate of drug-likeness (QED) is 0.895. The van der Waals surface area contributed by atoms with Crippen molar-refractivity contribution in [1.82, 2.24) is 10.2 Å². The van der Waals surface area contributed by atoms with Crippen molar-refractivity contribution in [3.63, 3.8) is 0 Å². The molecule has 0 aliphatic carbocycles. The normalized spacial score (nSPS) is 24.1. The largest absolute Gasteiger partial charge is 0.497 e. The zero-order valence-corrected chi connectivity index (χ0v) is 13.6. The van der Waals surface area contributed by atoms with E-state index in [9.17, 15) is 9.59 Å². The Bertz CT molecular complexity index is 581. The van der Waals surface area contributed by atoms with E-state index in [1.165, 1.54) is 0 Å². The molecule has 2 atom stereocenters. The van der Waals surface area contributed by atoms with Crippen LogP contribution in [0.3, 0.4) is 0 Å². The second-order valence-electron chi connectivity index (χ2n) is 6.20. The van der Waals surface area contributed by atoms with Crippen LogP contribution in [-0.4, -0.2) is 56.5 Å². The van der Waals surface area contributed by atoms with Gasteiger partial charge in [-0.15, -0.1) is 0 Å². The third-order valence-corrected chi connectivity index (χ3v) is 4.79. The Kier molecular flexibility index (Phi) is 4.52. The fourth-order valence-corrected chi connectivity index (χ4v) is 3.32. The van der Waals surface area contributed by atoms with Crippen LogP contribution in [0.1, 0.15) is 12.8 Å². The maximum atomic E-state index is 12.7. The molecule has 3 rings (SSSR count). The molecule has 0 radical (unpaired) electrons. The number of rotatable bonds is 4. The summed E-state index contributed by atoms with van der Waals surface area (Å²) in [5.41, 5.74) is 0.816. The molecular weight excluding hydrogens is 294 g/mol. The molecule has 1 N–H and O–H groups in total. The minimum Gasteiger partial charge on any atom is -0.497 e. The van der Waals surface area contributed by atoms with Crippen LogP contribution >= 0.6 is 0 Å². The fourth-order valence-electron chi connectivity index (χ4n) is 3.32. The molecule has 0 aromatic heterocycles. The molecule has 23 heavy (non-hydrogen) atoms. The van der Waals surface area contributed by atoms with Gasteiger partial charge in [0.1, 0.15) is 5.75 Å². The van der Waals surface area contributed by atoms with Crippen LogP contribution in [0.5, 0.6) is 5.75 Å². The second kappa shape index (κ2) is 6.58. The molecule has 0 spiro atoms. The first-order valence-electron chi connectivity index (χ1n) is 8.02. The Balaban J connectivity index is 1.67. The third-order valence-electron chi connectivity index (χ3n) is 4.79. The number of ether oxygens (including phenoxy) is 1. The van der Waals surface area contributed by atoms with Gasteiger partial charge in [0.2, 0.25) is 11.8 Å². The van der Waals surface area contributed by atoms with E-state index in [-0.39, 0.29) is 30.2 Å². The van der Waals surface area contributed by atoms with Crippen molar-refractivity contribution >= 4 is 17.5 Å². The number of methoxy groups -OCH3 is 1. The Morgan fingerprint density at radius 3 is 2.70 bits per heavy atom. The van der Waals surface area contributed by atoms with Gasteiger partial charge in [-0.2, -0.15) is 0 Å². The molecule has 1 aromatic rings. The molecule has 6 heteroatoms. The van der Waals surface area contributed by atoms with E-state index in [1.807, 2.05) is 36.2 Å². The number of carbonyl (C=O) groups excluding carboxylic acids is 2. The molecule has 124 valence electrons. The van der Waals surface area contributed by atoms with Crippen LogP contribution in [-0.2, 0) is 9.59 Å². The van der Waals surface area contributed by atoms with Gasteiger partial charge in [0.15, 0.2) is 0 Å². The first kappa shape index (κ1) is 15.8. The first-order valence-corrected chi connectivity index (χ1v) is 8.02. The zero-order valence-electron chi connectivity index (χ0n) is 13.6. The van der Waals surface area contributed by atoms with Crippen LogP contribution in [0.15, 0.2) is 24.3 Å².